The summed E-state index contributed by atoms with van der Waals surface area (Å²) in [6.07, 6.45) is 10.4. The van der Waals surface area contributed by atoms with Gasteiger partial charge in [-0.15, -0.1) is 6.42 Å². The summed E-state index contributed by atoms with van der Waals surface area (Å²) in [5.41, 5.74) is 1.19. The topological polar surface area (TPSA) is 99.4 Å². The van der Waals surface area contributed by atoms with Gasteiger partial charge in [0, 0.05) is 79.6 Å². The molecule has 2 N–H and O–H groups in total. The van der Waals surface area contributed by atoms with Crippen molar-refractivity contribution in [2.45, 2.75) is 43.8 Å². The number of phenols is 1. The Bertz CT molecular complexity index is 2220. The SMILES string of the molecule is C#Cc1c(F)ccc2cc(O)cc(-c3ncc4c(N5C[C@H]6CC[C@@H](C5)N6)nc(N5C[C@@H]6C[C@H](C5)c5cccc(=O)n5C6)nc4c3F)c12. The Morgan fingerprint density at radius 3 is 2.62 bits per heavy atom. The lowest BCUT2D eigenvalue weighted by Crippen LogP contribution is -2.51. The molecule has 4 aliphatic rings. The van der Waals surface area contributed by atoms with Gasteiger partial charge in [0.15, 0.2) is 5.82 Å². The van der Waals surface area contributed by atoms with E-state index in [4.69, 9.17) is 16.4 Å². The maximum atomic E-state index is 17.0. The first-order chi connectivity index (χ1) is 22.8. The number of piperidine rings is 1. The van der Waals surface area contributed by atoms with Gasteiger partial charge in [0.25, 0.3) is 5.56 Å². The van der Waals surface area contributed by atoms with Gasteiger partial charge in [-0.1, -0.05) is 18.1 Å². The van der Waals surface area contributed by atoms with Crippen LogP contribution in [0.15, 0.2) is 53.5 Å². The average molecular weight is 632 g/mol. The lowest BCUT2D eigenvalue weighted by atomic mass is 9.83. The Balaban J connectivity index is 1.23. The molecule has 5 aromatic rings. The fourth-order valence-electron chi connectivity index (χ4n) is 8.38. The summed E-state index contributed by atoms with van der Waals surface area (Å²) in [5.74, 6) is 2.35. The molecule has 4 aliphatic heterocycles. The van der Waals surface area contributed by atoms with Gasteiger partial charge >= 0.3 is 0 Å². The van der Waals surface area contributed by atoms with Crippen molar-refractivity contribution in [3.05, 3.63) is 81.9 Å². The van der Waals surface area contributed by atoms with E-state index in [-0.39, 0.29) is 45.5 Å². The van der Waals surface area contributed by atoms with E-state index in [0.29, 0.717) is 59.6 Å². The van der Waals surface area contributed by atoms with E-state index in [2.05, 4.69) is 26.0 Å². The van der Waals surface area contributed by atoms with Gasteiger partial charge in [0.2, 0.25) is 5.95 Å². The van der Waals surface area contributed by atoms with Crippen LogP contribution in [0.2, 0.25) is 0 Å². The number of aromatic nitrogens is 4. The fourth-order valence-corrected chi connectivity index (χ4v) is 8.38. The normalized spacial score (nSPS) is 23.3. The number of piperazine rings is 1. The van der Waals surface area contributed by atoms with E-state index in [1.54, 1.807) is 12.3 Å². The third-order valence-electron chi connectivity index (χ3n) is 10.4. The van der Waals surface area contributed by atoms with Gasteiger partial charge in [-0.3, -0.25) is 9.78 Å². The first-order valence-electron chi connectivity index (χ1n) is 16.1. The number of aromatic hydroxyl groups is 1. The van der Waals surface area contributed by atoms with Gasteiger partial charge in [-0.05, 0) is 54.8 Å². The van der Waals surface area contributed by atoms with E-state index in [0.717, 1.165) is 38.0 Å². The molecule has 7 heterocycles. The van der Waals surface area contributed by atoms with E-state index >= 15 is 4.39 Å². The minimum Gasteiger partial charge on any atom is -0.508 e. The zero-order chi connectivity index (χ0) is 32.0. The largest absolute Gasteiger partial charge is 0.508 e. The molecule has 0 radical (unpaired) electrons. The molecule has 0 unspecified atom stereocenters. The molecule has 4 atom stereocenters. The van der Waals surface area contributed by atoms with Crippen molar-refractivity contribution in [3.63, 3.8) is 0 Å². The minimum atomic E-state index is -0.696. The minimum absolute atomic E-state index is 0.0117. The zero-order valence-electron chi connectivity index (χ0n) is 25.5. The van der Waals surface area contributed by atoms with Gasteiger partial charge in [0.05, 0.1) is 10.9 Å². The number of hydrogen-bond acceptors (Lipinski definition) is 8. The first-order valence-corrected chi connectivity index (χ1v) is 16.1. The molecule has 0 aliphatic carbocycles. The summed E-state index contributed by atoms with van der Waals surface area (Å²) in [6.45, 7) is 3.31. The lowest BCUT2D eigenvalue weighted by molar-refractivity contribution is 0.279. The number of hydrogen-bond donors (Lipinski definition) is 2. The Kier molecular flexibility index (Phi) is 6.27. The first kappa shape index (κ1) is 28.2. The molecule has 3 saturated heterocycles. The van der Waals surface area contributed by atoms with Crippen LogP contribution >= 0.6 is 0 Å². The quantitative estimate of drug-likeness (QED) is 0.280. The second-order valence-electron chi connectivity index (χ2n) is 13.3. The van der Waals surface area contributed by atoms with Crippen LogP contribution in [-0.4, -0.2) is 62.9 Å². The van der Waals surface area contributed by atoms with Crippen molar-refractivity contribution in [3.8, 4) is 29.4 Å². The Morgan fingerprint density at radius 2 is 1.81 bits per heavy atom. The van der Waals surface area contributed by atoms with E-state index in [1.807, 2.05) is 16.7 Å². The summed E-state index contributed by atoms with van der Waals surface area (Å²) < 4.78 is 33.8. The molecule has 11 heteroatoms. The number of nitrogens with one attached hydrogen (secondary N) is 1. The fraction of sp³-hybridized carbons (Fsp3) is 0.333. The van der Waals surface area contributed by atoms with Gasteiger partial charge < -0.3 is 24.8 Å². The number of fused-ring (bicyclic) bond motifs is 8. The highest BCUT2D eigenvalue weighted by atomic mass is 19.1. The number of rotatable bonds is 3. The van der Waals surface area contributed by atoms with Crippen LogP contribution in [0.5, 0.6) is 5.75 Å². The van der Waals surface area contributed by atoms with Crippen molar-refractivity contribution < 1.29 is 13.9 Å². The standard InChI is InChI=1S/C36H31F2N7O2/c1-2-25-28(37)9-6-20-11-24(46)12-26(31(20)25)33-32(38)34-27(13-39-33)35(43-17-22-7-8-23(18-43)40-22)42-36(41-34)44-14-19-10-21(16-44)29-4-3-5-30(47)45(29)15-19/h1,3-6,9,11-13,19,21-23,40,46H,7-8,10,14-18H2/t19-,21+,22-,23+/m0/s1. The van der Waals surface area contributed by atoms with Crippen molar-refractivity contribution in [2.75, 3.05) is 36.0 Å². The monoisotopic (exact) mass is 631 g/mol. The maximum Gasteiger partial charge on any atom is 0.250 e. The molecule has 47 heavy (non-hydrogen) atoms. The zero-order valence-corrected chi connectivity index (χ0v) is 25.5. The van der Waals surface area contributed by atoms with Crippen molar-refractivity contribution in [2.24, 2.45) is 5.92 Å². The highest BCUT2D eigenvalue weighted by molar-refractivity contribution is 6.03. The Hall–Kier alpha value is -5.08. The third-order valence-corrected chi connectivity index (χ3v) is 10.4. The van der Waals surface area contributed by atoms with E-state index < -0.39 is 11.6 Å². The van der Waals surface area contributed by atoms with Gasteiger partial charge in [-0.25, -0.2) is 13.8 Å². The van der Waals surface area contributed by atoms with Crippen LogP contribution in [0, 0.1) is 29.9 Å². The number of terminal acetylenes is 1. The second kappa shape index (κ2) is 10.5. The number of halogens is 2. The van der Waals surface area contributed by atoms with E-state index in [9.17, 15) is 14.3 Å². The maximum absolute atomic E-state index is 17.0. The summed E-state index contributed by atoms with van der Waals surface area (Å²) in [7, 11) is 0. The number of pyridine rings is 2. The molecule has 0 spiro atoms. The number of phenolic OH excluding ortho intramolecular Hbond substituents is 1. The second-order valence-corrected chi connectivity index (χ2v) is 13.3. The lowest BCUT2D eigenvalue weighted by Gasteiger charge is -2.43. The van der Waals surface area contributed by atoms with Crippen LogP contribution in [0.3, 0.4) is 0 Å². The molecule has 9 rings (SSSR count). The average Bonchev–Trinajstić information content (AvgIpc) is 3.41. The molecule has 0 amide bonds. The molecule has 3 fully saturated rings. The molecular weight excluding hydrogens is 600 g/mol. The Labute approximate surface area is 268 Å². The summed E-state index contributed by atoms with van der Waals surface area (Å²) >= 11 is 0. The molecular formula is C36H31F2N7O2. The molecule has 2 aromatic carbocycles. The van der Waals surface area contributed by atoms with E-state index in [1.165, 1.54) is 24.3 Å². The highest BCUT2D eigenvalue weighted by Gasteiger charge is 2.38. The van der Waals surface area contributed by atoms with Crippen molar-refractivity contribution in [1.82, 2.24) is 24.8 Å². The Morgan fingerprint density at radius 1 is 0.979 bits per heavy atom. The molecule has 236 valence electrons. The predicted molar refractivity (Wildman–Crippen MR) is 176 cm³/mol. The van der Waals surface area contributed by atoms with Crippen LogP contribution in [0.4, 0.5) is 20.5 Å². The van der Waals surface area contributed by atoms with Gasteiger partial charge in [-0.2, -0.15) is 4.98 Å². The smallest absolute Gasteiger partial charge is 0.250 e. The number of benzene rings is 2. The van der Waals surface area contributed by atoms with Crippen molar-refractivity contribution >= 4 is 33.4 Å². The molecule has 4 bridgehead atoms. The van der Waals surface area contributed by atoms with Crippen LogP contribution in [-0.2, 0) is 6.54 Å². The molecule has 9 nitrogen and oxygen atoms in total. The van der Waals surface area contributed by atoms with Crippen LogP contribution < -0.4 is 20.7 Å². The molecule has 3 aromatic heterocycles. The summed E-state index contributed by atoms with van der Waals surface area (Å²) in [6, 6.07) is 11.6. The van der Waals surface area contributed by atoms with Crippen molar-refractivity contribution in [1.29, 1.82) is 0 Å². The summed E-state index contributed by atoms with van der Waals surface area (Å²) in [4.78, 5) is 31.5. The predicted octanol–water partition coefficient (Wildman–Crippen LogP) is 4.54. The van der Waals surface area contributed by atoms with Crippen LogP contribution in [0.25, 0.3) is 32.9 Å². The number of anilines is 2. The highest BCUT2D eigenvalue weighted by Crippen LogP contribution is 2.41. The van der Waals surface area contributed by atoms with Gasteiger partial charge in [0.1, 0.15) is 28.6 Å². The number of nitrogens with zero attached hydrogens (tertiary/aromatic N) is 6. The third kappa shape index (κ3) is 4.46. The molecule has 0 saturated carbocycles. The van der Waals surface area contributed by atoms with Crippen LogP contribution in [0.1, 0.15) is 36.4 Å². The summed E-state index contributed by atoms with van der Waals surface area (Å²) in [5, 5.41) is 15.5.